The van der Waals surface area contributed by atoms with Crippen molar-refractivity contribution in [1.29, 1.82) is 0 Å². The molecule has 1 aromatic heterocycles. The van der Waals surface area contributed by atoms with Crippen LogP contribution < -0.4 is 4.84 Å². The molecule has 2 aromatic carbocycles. The Morgan fingerprint density at radius 2 is 1.87 bits per heavy atom. The van der Waals surface area contributed by atoms with Crippen molar-refractivity contribution in [2.45, 2.75) is 0 Å². The maximum absolute atomic E-state index is 5.05. The van der Waals surface area contributed by atoms with Gasteiger partial charge in [-0.25, -0.2) is 0 Å². The van der Waals surface area contributed by atoms with Crippen LogP contribution in [0.4, 0.5) is 0 Å². The van der Waals surface area contributed by atoms with E-state index in [1.807, 2.05) is 18.3 Å². The fraction of sp³-hybridized carbons (Fsp3) is 0.0833. The van der Waals surface area contributed by atoms with Crippen LogP contribution in [0, 0.1) is 0 Å². The van der Waals surface area contributed by atoms with Gasteiger partial charge in [-0.15, -0.1) is 9.94 Å². The predicted molar refractivity (Wildman–Crippen MR) is 59.7 cm³/mol. The average molecular weight is 198 g/mol. The Kier molecular flexibility index (Phi) is 1.65. The first kappa shape index (κ1) is 8.29. The van der Waals surface area contributed by atoms with E-state index < -0.39 is 0 Å². The van der Waals surface area contributed by atoms with Crippen molar-refractivity contribution in [1.82, 2.24) is 9.94 Å². The fourth-order valence-corrected chi connectivity index (χ4v) is 1.83. The minimum Gasteiger partial charge on any atom is -0.400 e. The predicted octanol–water partition coefficient (Wildman–Crippen LogP) is 2.25. The molecule has 0 saturated carbocycles. The molecular weight excluding hydrogens is 188 g/mol. The number of hydrogen-bond donors (Lipinski definition) is 0. The zero-order valence-electron chi connectivity index (χ0n) is 8.34. The molecule has 0 N–H and O–H groups in total. The summed E-state index contributed by atoms with van der Waals surface area (Å²) >= 11 is 0. The number of fused-ring (bicyclic) bond motifs is 3. The summed E-state index contributed by atoms with van der Waals surface area (Å²) in [6, 6.07) is 12.4. The van der Waals surface area contributed by atoms with Crippen molar-refractivity contribution >= 4 is 21.7 Å². The van der Waals surface area contributed by atoms with E-state index in [2.05, 4.69) is 29.4 Å². The minimum absolute atomic E-state index is 0.981. The lowest BCUT2D eigenvalue weighted by Crippen LogP contribution is -2.04. The van der Waals surface area contributed by atoms with E-state index in [1.54, 1.807) is 7.11 Å². The van der Waals surface area contributed by atoms with E-state index >= 15 is 0 Å². The molecule has 3 heteroatoms. The van der Waals surface area contributed by atoms with E-state index in [4.69, 9.17) is 4.84 Å². The van der Waals surface area contributed by atoms with Crippen LogP contribution in [0.5, 0.6) is 0 Å². The Hall–Kier alpha value is -2.03. The second kappa shape index (κ2) is 2.98. The minimum atomic E-state index is 0.981. The van der Waals surface area contributed by atoms with Gasteiger partial charge < -0.3 is 4.84 Å². The largest absolute Gasteiger partial charge is 0.400 e. The topological polar surface area (TPSA) is 27.1 Å². The number of nitrogens with zero attached hydrogens (tertiary/aromatic N) is 2. The Morgan fingerprint density at radius 1 is 1.07 bits per heavy atom. The highest BCUT2D eigenvalue weighted by Gasteiger charge is 2.04. The van der Waals surface area contributed by atoms with Gasteiger partial charge in [0, 0.05) is 10.8 Å². The first-order valence-electron chi connectivity index (χ1n) is 4.80. The van der Waals surface area contributed by atoms with Crippen molar-refractivity contribution in [3.8, 4) is 0 Å². The van der Waals surface area contributed by atoms with E-state index in [0.29, 0.717) is 0 Å². The highest BCUT2D eigenvalue weighted by atomic mass is 16.7. The monoisotopic (exact) mass is 198 g/mol. The van der Waals surface area contributed by atoms with Crippen LogP contribution in [-0.4, -0.2) is 17.1 Å². The summed E-state index contributed by atoms with van der Waals surface area (Å²) in [4.78, 5) is 6.54. The Balaban J connectivity index is 2.47. The summed E-state index contributed by atoms with van der Waals surface area (Å²) < 4.78 is 0. The van der Waals surface area contributed by atoms with Crippen LogP contribution in [-0.2, 0) is 0 Å². The van der Waals surface area contributed by atoms with Gasteiger partial charge in [-0.05, 0) is 5.39 Å². The van der Waals surface area contributed by atoms with Gasteiger partial charge in [0.1, 0.15) is 12.6 Å². The van der Waals surface area contributed by atoms with Crippen LogP contribution in [0.25, 0.3) is 21.7 Å². The SMILES string of the molecule is COn1cc2ccc3ccccc3c2n1. The van der Waals surface area contributed by atoms with Gasteiger partial charge in [0.2, 0.25) is 0 Å². The molecule has 0 aliphatic heterocycles. The molecule has 0 amide bonds. The quantitative estimate of drug-likeness (QED) is 0.599. The van der Waals surface area contributed by atoms with Crippen LogP contribution >= 0.6 is 0 Å². The van der Waals surface area contributed by atoms with Gasteiger partial charge in [-0.2, -0.15) is 0 Å². The number of aromatic nitrogens is 2. The summed E-state index contributed by atoms with van der Waals surface area (Å²) in [6.45, 7) is 0. The Morgan fingerprint density at radius 3 is 2.73 bits per heavy atom. The number of benzene rings is 2. The van der Waals surface area contributed by atoms with Crippen molar-refractivity contribution < 1.29 is 4.84 Å². The van der Waals surface area contributed by atoms with Gasteiger partial charge in [-0.1, -0.05) is 36.4 Å². The zero-order chi connectivity index (χ0) is 10.3. The first-order valence-corrected chi connectivity index (χ1v) is 4.80. The van der Waals surface area contributed by atoms with E-state index in [0.717, 1.165) is 16.3 Å². The third-order valence-electron chi connectivity index (χ3n) is 2.57. The molecule has 3 nitrogen and oxygen atoms in total. The summed E-state index contributed by atoms with van der Waals surface area (Å²) in [5, 5.41) is 7.81. The molecular formula is C12H10N2O. The van der Waals surface area contributed by atoms with E-state index in [1.165, 1.54) is 10.2 Å². The van der Waals surface area contributed by atoms with Gasteiger partial charge in [0.05, 0.1) is 6.20 Å². The smallest absolute Gasteiger partial charge is 0.106 e. The lowest BCUT2D eigenvalue weighted by molar-refractivity contribution is 0.136. The Labute approximate surface area is 86.8 Å². The third-order valence-corrected chi connectivity index (χ3v) is 2.57. The van der Waals surface area contributed by atoms with E-state index in [9.17, 15) is 0 Å². The van der Waals surface area contributed by atoms with Gasteiger partial charge >= 0.3 is 0 Å². The fourth-order valence-electron chi connectivity index (χ4n) is 1.83. The molecule has 0 atom stereocenters. The molecule has 3 aromatic rings. The maximum Gasteiger partial charge on any atom is 0.106 e. The molecule has 0 unspecified atom stereocenters. The molecule has 0 radical (unpaired) electrons. The van der Waals surface area contributed by atoms with Gasteiger partial charge in [0.25, 0.3) is 0 Å². The van der Waals surface area contributed by atoms with Crippen LogP contribution in [0.1, 0.15) is 0 Å². The summed E-state index contributed by atoms with van der Waals surface area (Å²) in [5.41, 5.74) is 0.981. The van der Waals surface area contributed by atoms with Crippen molar-refractivity contribution in [3.63, 3.8) is 0 Å². The first-order chi connectivity index (χ1) is 7.38. The van der Waals surface area contributed by atoms with Crippen LogP contribution in [0.15, 0.2) is 42.6 Å². The summed E-state index contributed by atoms with van der Waals surface area (Å²) in [5.74, 6) is 0. The second-order valence-corrected chi connectivity index (χ2v) is 3.44. The van der Waals surface area contributed by atoms with Crippen molar-refractivity contribution in [2.75, 3.05) is 7.11 Å². The normalized spacial score (nSPS) is 11.0. The number of hydrogen-bond acceptors (Lipinski definition) is 2. The summed E-state index contributed by atoms with van der Waals surface area (Å²) in [6.07, 6.45) is 1.88. The van der Waals surface area contributed by atoms with Crippen LogP contribution in [0.2, 0.25) is 0 Å². The number of rotatable bonds is 1. The molecule has 74 valence electrons. The molecule has 0 saturated heterocycles. The molecule has 15 heavy (non-hydrogen) atoms. The van der Waals surface area contributed by atoms with Crippen molar-refractivity contribution in [2.24, 2.45) is 0 Å². The zero-order valence-corrected chi connectivity index (χ0v) is 8.34. The standard InChI is InChI=1S/C12H10N2O/c1-15-14-8-10-7-6-9-4-2-3-5-11(9)12(10)13-14/h2-8H,1H3. The highest BCUT2D eigenvalue weighted by molar-refractivity contribution is 6.04. The average Bonchev–Trinajstić information content (AvgIpc) is 2.72. The molecule has 0 spiro atoms. The van der Waals surface area contributed by atoms with E-state index in [-0.39, 0.29) is 0 Å². The molecule has 0 aliphatic rings. The third kappa shape index (κ3) is 1.16. The van der Waals surface area contributed by atoms with Gasteiger partial charge in [0.15, 0.2) is 0 Å². The second-order valence-electron chi connectivity index (χ2n) is 3.44. The van der Waals surface area contributed by atoms with Gasteiger partial charge in [-0.3, -0.25) is 0 Å². The molecule has 0 fully saturated rings. The maximum atomic E-state index is 5.05. The molecule has 0 aliphatic carbocycles. The van der Waals surface area contributed by atoms with Crippen molar-refractivity contribution in [3.05, 3.63) is 42.6 Å². The lowest BCUT2D eigenvalue weighted by atomic mass is 10.1. The van der Waals surface area contributed by atoms with Crippen LogP contribution in [0.3, 0.4) is 0 Å². The molecule has 1 heterocycles. The highest BCUT2D eigenvalue weighted by Crippen LogP contribution is 2.23. The summed E-state index contributed by atoms with van der Waals surface area (Å²) in [7, 11) is 1.61. The molecule has 3 rings (SSSR count). The Bertz CT molecular complexity index is 628. The molecule has 0 bridgehead atoms. The lowest BCUT2D eigenvalue weighted by Gasteiger charge is -1.96.